The Morgan fingerprint density at radius 1 is 1.09 bits per heavy atom. The van der Waals surface area contributed by atoms with Gasteiger partial charge in [0.05, 0.1) is 5.60 Å². The highest BCUT2D eigenvalue weighted by atomic mass is 32.2. The molecule has 0 aliphatic carbocycles. The van der Waals surface area contributed by atoms with E-state index in [0.717, 1.165) is 18.4 Å². The van der Waals surface area contributed by atoms with Crippen molar-refractivity contribution in [1.29, 1.82) is 0 Å². The van der Waals surface area contributed by atoms with Crippen LogP contribution in [-0.4, -0.2) is 58.1 Å². The highest BCUT2D eigenvalue weighted by molar-refractivity contribution is 7.89. The van der Waals surface area contributed by atoms with Crippen LogP contribution in [0.2, 0.25) is 0 Å². The topological polar surface area (TPSA) is 111 Å². The second kappa shape index (κ2) is 8.68. The molecule has 5 rings (SSSR count). The minimum atomic E-state index is -3.53. The average Bonchev–Trinajstić information content (AvgIpc) is 3.29. The molecule has 1 atom stereocenters. The zero-order valence-electron chi connectivity index (χ0n) is 17.6. The van der Waals surface area contributed by atoms with Gasteiger partial charge in [-0.3, -0.25) is 9.97 Å². The molecule has 0 N–H and O–H groups in total. The molecule has 2 saturated heterocycles. The third kappa shape index (κ3) is 4.30. The van der Waals surface area contributed by atoms with Crippen LogP contribution in [0.25, 0.3) is 11.4 Å². The van der Waals surface area contributed by atoms with Crippen molar-refractivity contribution >= 4 is 10.0 Å². The van der Waals surface area contributed by atoms with Crippen LogP contribution >= 0.6 is 0 Å². The quantitative estimate of drug-likeness (QED) is 0.577. The lowest BCUT2D eigenvalue weighted by molar-refractivity contribution is -0.121. The molecule has 168 valence electrons. The molecule has 3 aromatic heterocycles. The maximum absolute atomic E-state index is 12.9. The lowest BCUT2D eigenvalue weighted by atomic mass is 9.79. The molecule has 3 aromatic rings. The van der Waals surface area contributed by atoms with Gasteiger partial charge in [0.25, 0.3) is 0 Å². The van der Waals surface area contributed by atoms with Crippen molar-refractivity contribution in [2.45, 2.75) is 42.6 Å². The number of rotatable bonds is 5. The molecule has 9 nitrogen and oxygen atoms in total. The van der Waals surface area contributed by atoms with E-state index in [1.807, 2.05) is 12.1 Å². The minimum absolute atomic E-state index is 0.235. The number of hydrogen-bond donors (Lipinski definition) is 0. The first-order valence-electron chi connectivity index (χ1n) is 10.8. The lowest BCUT2D eigenvalue weighted by Gasteiger charge is -2.45. The molecule has 0 bridgehead atoms. The smallest absolute Gasteiger partial charge is 0.244 e. The fraction of sp³-hybridized carbons (Fsp3) is 0.455. The van der Waals surface area contributed by atoms with Crippen LogP contribution in [0.1, 0.15) is 31.6 Å². The van der Waals surface area contributed by atoms with Crippen LogP contribution in [0.3, 0.4) is 0 Å². The van der Waals surface area contributed by atoms with E-state index >= 15 is 0 Å². The number of aromatic nitrogens is 4. The van der Waals surface area contributed by atoms with Crippen LogP contribution in [0.4, 0.5) is 0 Å². The predicted molar refractivity (Wildman–Crippen MR) is 115 cm³/mol. The van der Waals surface area contributed by atoms with Gasteiger partial charge in [0, 0.05) is 56.5 Å². The summed E-state index contributed by atoms with van der Waals surface area (Å²) < 4.78 is 39.0. The highest BCUT2D eigenvalue weighted by Crippen LogP contribution is 2.39. The minimum Gasteiger partial charge on any atom is -0.375 e. The summed E-state index contributed by atoms with van der Waals surface area (Å²) >= 11 is 0. The van der Waals surface area contributed by atoms with Crippen molar-refractivity contribution < 1.29 is 17.7 Å². The zero-order valence-corrected chi connectivity index (χ0v) is 18.4. The molecule has 2 aliphatic rings. The fourth-order valence-corrected chi connectivity index (χ4v) is 6.04. The van der Waals surface area contributed by atoms with E-state index in [-0.39, 0.29) is 10.5 Å². The van der Waals surface area contributed by atoms with Gasteiger partial charge in [-0.05, 0) is 55.9 Å². The monoisotopic (exact) mass is 455 g/mol. The van der Waals surface area contributed by atoms with Crippen molar-refractivity contribution in [2.75, 3.05) is 19.7 Å². The highest BCUT2D eigenvalue weighted by Gasteiger charge is 2.43. The summed E-state index contributed by atoms with van der Waals surface area (Å²) in [5, 5.41) is 4.09. The Balaban J connectivity index is 1.22. The Morgan fingerprint density at radius 3 is 2.59 bits per heavy atom. The van der Waals surface area contributed by atoms with E-state index in [0.29, 0.717) is 56.6 Å². The Labute approximate surface area is 186 Å². The summed E-state index contributed by atoms with van der Waals surface area (Å²) in [5.74, 6) is 1.51. The third-order valence-electron chi connectivity index (χ3n) is 6.35. The van der Waals surface area contributed by atoms with Crippen molar-refractivity contribution in [1.82, 2.24) is 24.4 Å². The van der Waals surface area contributed by atoms with E-state index in [1.54, 1.807) is 35.0 Å². The summed E-state index contributed by atoms with van der Waals surface area (Å²) in [4.78, 5) is 12.8. The normalized spacial score (nSPS) is 21.6. The second-order valence-electron chi connectivity index (χ2n) is 8.44. The molecular formula is C22H25N5O4S. The van der Waals surface area contributed by atoms with Gasteiger partial charge >= 0.3 is 0 Å². The number of nitrogens with zero attached hydrogens (tertiary/aromatic N) is 5. The molecule has 2 fully saturated rings. The molecule has 32 heavy (non-hydrogen) atoms. The Kier molecular flexibility index (Phi) is 5.75. The summed E-state index contributed by atoms with van der Waals surface area (Å²) in [6.45, 7) is 1.54. The predicted octanol–water partition coefficient (Wildman–Crippen LogP) is 2.72. The van der Waals surface area contributed by atoms with Crippen molar-refractivity contribution in [2.24, 2.45) is 5.92 Å². The van der Waals surface area contributed by atoms with Gasteiger partial charge in [-0.25, -0.2) is 8.42 Å². The van der Waals surface area contributed by atoms with Crippen LogP contribution < -0.4 is 0 Å². The van der Waals surface area contributed by atoms with Crippen LogP contribution in [0, 0.1) is 5.92 Å². The van der Waals surface area contributed by atoms with Gasteiger partial charge in [0.2, 0.25) is 21.7 Å². The molecule has 0 amide bonds. The van der Waals surface area contributed by atoms with Gasteiger partial charge < -0.3 is 9.26 Å². The number of hydrogen-bond acceptors (Lipinski definition) is 8. The number of sulfonamides is 1. The molecule has 0 aromatic carbocycles. The largest absolute Gasteiger partial charge is 0.375 e. The number of piperidine rings is 1. The fourth-order valence-electron chi connectivity index (χ4n) is 4.63. The Hall–Kier alpha value is -2.69. The SMILES string of the molecule is O=S(=O)(c1cccnc1)N1CCC2(CC1)CC(Cc1nc(-c3cccnc3)no1)CCO2. The summed E-state index contributed by atoms with van der Waals surface area (Å²) in [5.41, 5.74) is 0.531. The first kappa shape index (κ1) is 21.2. The average molecular weight is 456 g/mol. The molecule has 5 heterocycles. The van der Waals surface area contributed by atoms with Gasteiger partial charge in [-0.15, -0.1) is 0 Å². The Bertz CT molecular complexity index is 1150. The molecule has 0 radical (unpaired) electrons. The molecule has 0 saturated carbocycles. The number of pyridine rings is 2. The van der Waals surface area contributed by atoms with E-state index < -0.39 is 10.0 Å². The van der Waals surface area contributed by atoms with E-state index in [9.17, 15) is 8.42 Å². The zero-order chi connectivity index (χ0) is 22.0. The van der Waals surface area contributed by atoms with Gasteiger partial charge in [-0.1, -0.05) is 5.16 Å². The van der Waals surface area contributed by atoms with E-state index in [4.69, 9.17) is 9.26 Å². The second-order valence-corrected chi connectivity index (χ2v) is 10.4. The molecular weight excluding hydrogens is 430 g/mol. The maximum Gasteiger partial charge on any atom is 0.244 e. The van der Waals surface area contributed by atoms with Crippen LogP contribution in [0.5, 0.6) is 0 Å². The summed E-state index contributed by atoms with van der Waals surface area (Å²) in [7, 11) is -3.53. The van der Waals surface area contributed by atoms with Crippen LogP contribution in [-0.2, 0) is 21.2 Å². The van der Waals surface area contributed by atoms with Crippen molar-refractivity contribution in [3.63, 3.8) is 0 Å². The van der Waals surface area contributed by atoms with Crippen LogP contribution in [0.15, 0.2) is 58.5 Å². The lowest BCUT2D eigenvalue weighted by Crippen LogP contribution is -2.50. The first-order chi connectivity index (χ1) is 15.5. The summed E-state index contributed by atoms with van der Waals surface area (Å²) in [6.07, 6.45) is 10.2. The van der Waals surface area contributed by atoms with Gasteiger partial charge in [-0.2, -0.15) is 9.29 Å². The standard InChI is InChI=1S/C22H25N5O4S/c28-32(29,19-4-2-9-24-16-19)27-10-6-22(7-11-27)14-17(5-12-30-22)13-20-25-21(26-31-20)18-3-1-8-23-15-18/h1-4,8-9,15-17H,5-7,10-14H2. The first-order valence-corrected chi connectivity index (χ1v) is 12.3. The molecule has 2 aliphatic heterocycles. The Morgan fingerprint density at radius 2 is 1.88 bits per heavy atom. The van der Waals surface area contributed by atoms with Gasteiger partial charge in [0.15, 0.2) is 0 Å². The number of ether oxygens (including phenoxy) is 1. The third-order valence-corrected chi connectivity index (χ3v) is 8.23. The van der Waals surface area contributed by atoms with E-state index in [1.165, 1.54) is 6.20 Å². The maximum atomic E-state index is 12.9. The van der Waals surface area contributed by atoms with Crippen molar-refractivity contribution in [3.05, 3.63) is 54.9 Å². The molecule has 10 heteroatoms. The molecule has 1 spiro atoms. The van der Waals surface area contributed by atoms with Gasteiger partial charge in [0.1, 0.15) is 4.90 Å². The van der Waals surface area contributed by atoms with E-state index in [2.05, 4.69) is 20.1 Å². The summed E-state index contributed by atoms with van der Waals surface area (Å²) in [6, 6.07) is 6.97. The van der Waals surface area contributed by atoms with Crippen molar-refractivity contribution in [3.8, 4) is 11.4 Å². The molecule has 1 unspecified atom stereocenters.